The smallest absolute Gasteiger partial charge is 0.257 e. The Morgan fingerprint density at radius 3 is 2.56 bits per heavy atom. The van der Waals surface area contributed by atoms with E-state index in [4.69, 9.17) is 21.4 Å². The quantitative estimate of drug-likeness (QED) is 0.401. The van der Waals surface area contributed by atoms with Gasteiger partial charge in [-0.2, -0.15) is 0 Å². The number of methoxy groups -OCH3 is 1. The summed E-state index contributed by atoms with van der Waals surface area (Å²) in [5.41, 5.74) is 6.71. The number of benzene rings is 3. The van der Waals surface area contributed by atoms with Crippen molar-refractivity contribution in [2.24, 2.45) is 0 Å². The highest BCUT2D eigenvalue weighted by atomic mass is 32.1. The van der Waals surface area contributed by atoms with Crippen LogP contribution in [0.2, 0.25) is 0 Å². The number of nitrogens with zero attached hydrogens (tertiary/aromatic N) is 1. The first-order chi connectivity index (χ1) is 15.3. The number of rotatable bonds is 4. The SMILES string of the molecule is COc1ccc(-c2nc3cc(C)c(C)cc3o2)cc1NC(=S)NC(=O)c1cccc(C)c1. The van der Waals surface area contributed by atoms with Crippen molar-refractivity contribution in [2.75, 3.05) is 12.4 Å². The molecule has 0 fully saturated rings. The van der Waals surface area contributed by atoms with Crippen molar-refractivity contribution in [3.8, 4) is 17.2 Å². The van der Waals surface area contributed by atoms with E-state index in [1.165, 1.54) is 0 Å². The lowest BCUT2D eigenvalue weighted by Crippen LogP contribution is -2.34. The minimum atomic E-state index is -0.286. The molecule has 1 heterocycles. The summed E-state index contributed by atoms with van der Waals surface area (Å²) in [7, 11) is 1.57. The molecule has 0 saturated heterocycles. The molecule has 0 bridgehead atoms. The van der Waals surface area contributed by atoms with Gasteiger partial charge in [0.1, 0.15) is 11.3 Å². The van der Waals surface area contributed by atoms with E-state index in [0.717, 1.165) is 33.4 Å². The molecule has 0 radical (unpaired) electrons. The maximum atomic E-state index is 12.5. The summed E-state index contributed by atoms with van der Waals surface area (Å²) in [5, 5.41) is 5.91. The number of nitrogens with one attached hydrogen (secondary N) is 2. The number of ether oxygens (including phenoxy) is 1. The van der Waals surface area contributed by atoms with E-state index in [9.17, 15) is 4.79 Å². The Hall–Kier alpha value is -3.71. The minimum Gasteiger partial charge on any atom is -0.495 e. The van der Waals surface area contributed by atoms with Gasteiger partial charge in [0.2, 0.25) is 5.89 Å². The normalized spacial score (nSPS) is 10.8. The predicted molar refractivity (Wildman–Crippen MR) is 130 cm³/mol. The zero-order chi connectivity index (χ0) is 22.8. The van der Waals surface area contributed by atoms with Crippen LogP contribution in [0.25, 0.3) is 22.6 Å². The van der Waals surface area contributed by atoms with Gasteiger partial charge in [-0.05, 0) is 86.6 Å². The highest BCUT2D eigenvalue weighted by Crippen LogP contribution is 2.32. The van der Waals surface area contributed by atoms with Crippen LogP contribution in [0.3, 0.4) is 0 Å². The van der Waals surface area contributed by atoms with E-state index in [-0.39, 0.29) is 11.0 Å². The third-order valence-corrected chi connectivity index (χ3v) is 5.41. The van der Waals surface area contributed by atoms with Crippen molar-refractivity contribution in [3.63, 3.8) is 0 Å². The zero-order valence-electron chi connectivity index (χ0n) is 18.3. The molecule has 4 aromatic rings. The molecule has 0 aliphatic rings. The molecule has 162 valence electrons. The minimum absolute atomic E-state index is 0.163. The first kappa shape index (κ1) is 21.5. The second-order valence-electron chi connectivity index (χ2n) is 7.62. The second kappa shape index (κ2) is 8.80. The number of anilines is 1. The molecule has 0 atom stereocenters. The van der Waals surface area contributed by atoms with Crippen molar-refractivity contribution in [1.29, 1.82) is 0 Å². The Morgan fingerprint density at radius 2 is 1.81 bits per heavy atom. The van der Waals surface area contributed by atoms with Crippen molar-refractivity contribution in [2.45, 2.75) is 20.8 Å². The van der Waals surface area contributed by atoms with Crippen LogP contribution in [0.1, 0.15) is 27.0 Å². The topological polar surface area (TPSA) is 76.4 Å². The highest BCUT2D eigenvalue weighted by Gasteiger charge is 2.14. The molecule has 6 nitrogen and oxygen atoms in total. The van der Waals surface area contributed by atoms with Gasteiger partial charge < -0.3 is 14.5 Å². The molecule has 7 heteroatoms. The number of aryl methyl sites for hydroxylation is 3. The summed E-state index contributed by atoms with van der Waals surface area (Å²) in [6, 6.07) is 16.8. The van der Waals surface area contributed by atoms with E-state index in [0.29, 0.717) is 22.9 Å². The molecule has 4 rings (SSSR count). The van der Waals surface area contributed by atoms with E-state index in [1.807, 2.05) is 57.2 Å². The molecule has 0 spiro atoms. The number of carbonyl (C=O) groups excluding carboxylic acids is 1. The summed E-state index contributed by atoms with van der Waals surface area (Å²) in [4.78, 5) is 17.1. The fraction of sp³-hybridized carbons (Fsp3) is 0.160. The lowest BCUT2D eigenvalue weighted by molar-refractivity contribution is 0.0977. The van der Waals surface area contributed by atoms with Crippen LogP contribution in [-0.2, 0) is 0 Å². The number of hydrogen-bond acceptors (Lipinski definition) is 5. The lowest BCUT2D eigenvalue weighted by atomic mass is 10.1. The molecule has 1 aromatic heterocycles. The standard InChI is InChI=1S/C25H23N3O3S/c1-14-6-5-7-17(10-14)23(29)28-25(32)27-20-13-18(8-9-21(20)30-4)24-26-19-11-15(2)16(3)12-22(19)31-24/h5-13H,1-4H3,(H2,27,28,29,32). The maximum absolute atomic E-state index is 12.5. The average Bonchev–Trinajstić information content (AvgIpc) is 3.16. The maximum Gasteiger partial charge on any atom is 0.257 e. The highest BCUT2D eigenvalue weighted by molar-refractivity contribution is 7.80. The van der Waals surface area contributed by atoms with Gasteiger partial charge in [0.25, 0.3) is 5.91 Å². The van der Waals surface area contributed by atoms with Crippen LogP contribution >= 0.6 is 12.2 Å². The average molecular weight is 446 g/mol. The van der Waals surface area contributed by atoms with Crippen molar-refractivity contribution < 1.29 is 13.9 Å². The second-order valence-corrected chi connectivity index (χ2v) is 8.02. The fourth-order valence-corrected chi connectivity index (χ4v) is 3.56. The van der Waals surface area contributed by atoms with Gasteiger partial charge >= 0.3 is 0 Å². The molecule has 3 aromatic carbocycles. The number of thiocarbonyl (C=S) groups is 1. The lowest BCUT2D eigenvalue weighted by Gasteiger charge is -2.13. The molecular formula is C25H23N3O3S. The first-order valence-electron chi connectivity index (χ1n) is 10.1. The molecular weight excluding hydrogens is 422 g/mol. The number of hydrogen-bond donors (Lipinski definition) is 2. The van der Waals surface area contributed by atoms with E-state index in [1.54, 1.807) is 25.3 Å². The van der Waals surface area contributed by atoms with Crippen molar-refractivity contribution >= 4 is 40.0 Å². The van der Waals surface area contributed by atoms with Crippen LogP contribution in [0.4, 0.5) is 5.69 Å². The predicted octanol–water partition coefficient (Wildman–Crippen LogP) is 5.56. The third kappa shape index (κ3) is 4.48. The van der Waals surface area contributed by atoms with E-state index in [2.05, 4.69) is 15.6 Å². The van der Waals surface area contributed by atoms with Gasteiger partial charge in [0, 0.05) is 11.1 Å². The molecule has 0 saturated carbocycles. The van der Waals surface area contributed by atoms with Gasteiger partial charge in [-0.3, -0.25) is 10.1 Å². The third-order valence-electron chi connectivity index (χ3n) is 5.21. The first-order valence-corrected chi connectivity index (χ1v) is 10.5. The van der Waals surface area contributed by atoms with Crippen LogP contribution < -0.4 is 15.4 Å². The van der Waals surface area contributed by atoms with Gasteiger partial charge in [0.05, 0.1) is 12.8 Å². The molecule has 1 amide bonds. The Kier molecular flexibility index (Phi) is 5.92. The summed E-state index contributed by atoms with van der Waals surface area (Å²) in [6.45, 7) is 6.02. The summed E-state index contributed by atoms with van der Waals surface area (Å²) in [5.74, 6) is 0.778. The number of aromatic nitrogens is 1. The van der Waals surface area contributed by atoms with Gasteiger partial charge in [-0.1, -0.05) is 17.7 Å². The van der Waals surface area contributed by atoms with Crippen LogP contribution in [0.15, 0.2) is 59.0 Å². The van der Waals surface area contributed by atoms with Crippen molar-refractivity contribution in [1.82, 2.24) is 10.3 Å². The van der Waals surface area contributed by atoms with Crippen LogP contribution in [-0.4, -0.2) is 23.1 Å². The number of carbonyl (C=O) groups is 1. The van der Waals surface area contributed by atoms with Gasteiger partial charge in [-0.25, -0.2) is 4.98 Å². The molecule has 32 heavy (non-hydrogen) atoms. The number of fused-ring (bicyclic) bond motifs is 1. The summed E-state index contributed by atoms with van der Waals surface area (Å²) >= 11 is 5.36. The Morgan fingerprint density at radius 1 is 1.03 bits per heavy atom. The Bertz CT molecular complexity index is 1300. The monoisotopic (exact) mass is 445 g/mol. The number of amides is 1. The van der Waals surface area contributed by atoms with E-state index < -0.39 is 0 Å². The molecule has 0 aliphatic heterocycles. The Labute approximate surface area is 191 Å². The molecule has 2 N–H and O–H groups in total. The summed E-state index contributed by atoms with van der Waals surface area (Å²) in [6.07, 6.45) is 0. The Balaban J connectivity index is 1.58. The molecule has 0 unspecified atom stereocenters. The molecule has 0 aliphatic carbocycles. The van der Waals surface area contributed by atoms with Crippen LogP contribution in [0.5, 0.6) is 5.75 Å². The van der Waals surface area contributed by atoms with Gasteiger partial charge in [0.15, 0.2) is 10.7 Å². The zero-order valence-corrected chi connectivity index (χ0v) is 19.1. The van der Waals surface area contributed by atoms with Gasteiger partial charge in [-0.15, -0.1) is 0 Å². The van der Waals surface area contributed by atoms with Crippen LogP contribution in [0, 0.1) is 20.8 Å². The largest absolute Gasteiger partial charge is 0.495 e. The number of oxazole rings is 1. The van der Waals surface area contributed by atoms with Crippen molar-refractivity contribution in [3.05, 3.63) is 76.9 Å². The fourth-order valence-electron chi connectivity index (χ4n) is 3.36. The summed E-state index contributed by atoms with van der Waals surface area (Å²) < 4.78 is 11.4. The van der Waals surface area contributed by atoms with E-state index >= 15 is 0 Å².